The number of anilines is 1. The van der Waals surface area contributed by atoms with E-state index < -0.39 is 0 Å². The number of hydrogen-bond acceptors (Lipinski definition) is 4. The molecule has 0 aromatic heterocycles. The van der Waals surface area contributed by atoms with Gasteiger partial charge in [0.15, 0.2) is 17.5 Å². The summed E-state index contributed by atoms with van der Waals surface area (Å²) in [6.07, 6.45) is 0.137. The van der Waals surface area contributed by atoms with E-state index in [2.05, 4.69) is 10.3 Å². The highest BCUT2D eigenvalue weighted by Crippen LogP contribution is 2.38. The van der Waals surface area contributed by atoms with Gasteiger partial charge in [0.25, 0.3) is 0 Å². The number of ether oxygens (including phenoxy) is 3. The Morgan fingerprint density at radius 2 is 1.93 bits per heavy atom. The van der Waals surface area contributed by atoms with E-state index in [9.17, 15) is 0 Å². The van der Waals surface area contributed by atoms with Crippen LogP contribution in [0.3, 0.4) is 0 Å². The summed E-state index contributed by atoms with van der Waals surface area (Å²) in [4.78, 5) is 4.35. The van der Waals surface area contributed by atoms with E-state index in [0.29, 0.717) is 42.2 Å². The quantitative estimate of drug-likeness (QED) is 0.358. The zero-order chi connectivity index (χ0) is 18.5. The molecule has 0 bridgehead atoms. The number of nitrogens with zero attached hydrogens (tertiary/aromatic N) is 1. The Morgan fingerprint density at radius 3 is 2.63 bits per heavy atom. The molecule has 2 aromatic carbocycles. The first-order chi connectivity index (χ1) is 12.5. The van der Waals surface area contributed by atoms with Gasteiger partial charge in [-0.15, -0.1) is 24.0 Å². The highest BCUT2D eigenvalue weighted by molar-refractivity contribution is 14.0. The van der Waals surface area contributed by atoms with Crippen LogP contribution in [0.5, 0.6) is 17.2 Å². The summed E-state index contributed by atoms with van der Waals surface area (Å²) >= 11 is 6.23. The standard InChI is InChI=1S/C19H22ClN3O3.HI/c1-12(2)26-15-5-3-14(4-6-15)23-19(21)22-11-13-9-16(20)18-17(10-13)24-7-8-25-18;/h3-6,9-10,12H,7-8,11H2,1-2H3,(H3,21,22,23);1H. The van der Waals surface area contributed by atoms with Gasteiger partial charge in [0.1, 0.15) is 19.0 Å². The third kappa shape index (κ3) is 6.07. The molecular formula is C19H23ClIN3O3. The summed E-state index contributed by atoms with van der Waals surface area (Å²) in [5.41, 5.74) is 7.70. The maximum absolute atomic E-state index is 6.23. The minimum absolute atomic E-state index is 0. The Balaban J connectivity index is 0.00000261. The van der Waals surface area contributed by atoms with Gasteiger partial charge < -0.3 is 25.3 Å². The van der Waals surface area contributed by atoms with E-state index >= 15 is 0 Å². The van der Waals surface area contributed by atoms with Gasteiger partial charge in [0.2, 0.25) is 0 Å². The molecule has 146 valence electrons. The topological polar surface area (TPSA) is 78.1 Å². The van der Waals surface area contributed by atoms with E-state index in [1.54, 1.807) is 0 Å². The van der Waals surface area contributed by atoms with Gasteiger partial charge in [0.05, 0.1) is 17.7 Å². The summed E-state index contributed by atoms with van der Waals surface area (Å²) in [6, 6.07) is 11.2. The first-order valence-corrected chi connectivity index (χ1v) is 8.81. The number of benzene rings is 2. The largest absolute Gasteiger partial charge is 0.491 e. The molecule has 0 atom stereocenters. The molecular weight excluding hydrogens is 481 g/mol. The SMILES string of the molecule is CC(C)Oc1ccc(NC(N)=NCc2cc(Cl)c3c(c2)OCCO3)cc1.I. The van der Waals surface area contributed by atoms with Gasteiger partial charge in [-0.3, -0.25) is 0 Å². The summed E-state index contributed by atoms with van der Waals surface area (Å²) in [6.45, 7) is 5.37. The van der Waals surface area contributed by atoms with Crippen molar-refractivity contribution in [3.63, 3.8) is 0 Å². The molecule has 6 nitrogen and oxygen atoms in total. The predicted molar refractivity (Wildman–Crippen MR) is 119 cm³/mol. The van der Waals surface area contributed by atoms with Crippen molar-refractivity contribution in [1.82, 2.24) is 0 Å². The average molecular weight is 504 g/mol. The second kappa shape index (κ2) is 9.89. The van der Waals surface area contributed by atoms with Crippen LogP contribution in [0.1, 0.15) is 19.4 Å². The molecule has 0 unspecified atom stereocenters. The van der Waals surface area contributed by atoms with Crippen molar-refractivity contribution < 1.29 is 14.2 Å². The molecule has 2 aromatic rings. The maximum Gasteiger partial charge on any atom is 0.193 e. The molecule has 0 aliphatic carbocycles. The molecule has 0 spiro atoms. The minimum atomic E-state index is 0. The number of nitrogens with two attached hydrogens (primary N) is 1. The number of aliphatic imine (C=N–C) groups is 1. The smallest absolute Gasteiger partial charge is 0.193 e. The fraction of sp³-hybridized carbons (Fsp3) is 0.316. The summed E-state index contributed by atoms with van der Waals surface area (Å²) in [5.74, 6) is 2.35. The molecule has 1 aliphatic heterocycles. The van der Waals surface area contributed by atoms with Crippen molar-refractivity contribution in [3.8, 4) is 17.2 Å². The Kier molecular flexibility index (Phi) is 7.85. The molecule has 3 rings (SSSR count). The lowest BCUT2D eigenvalue weighted by Gasteiger charge is -2.20. The van der Waals surface area contributed by atoms with Gasteiger partial charge in [-0.1, -0.05) is 11.6 Å². The van der Waals surface area contributed by atoms with Crippen molar-refractivity contribution in [3.05, 3.63) is 47.0 Å². The molecule has 8 heteroatoms. The number of hydrogen-bond donors (Lipinski definition) is 2. The molecule has 0 saturated carbocycles. The van der Waals surface area contributed by atoms with Crippen LogP contribution in [-0.2, 0) is 6.54 Å². The van der Waals surface area contributed by atoms with E-state index in [1.165, 1.54) is 0 Å². The molecule has 27 heavy (non-hydrogen) atoms. The van der Waals surface area contributed by atoms with Gasteiger partial charge >= 0.3 is 0 Å². The molecule has 3 N–H and O–H groups in total. The van der Waals surface area contributed by atoms with Crippen LogP contribution in [0, 0.1) is 0 Å². The summed E-state index contributed by atoms with van der Waals surface area (Å²) < 4.78 is 16.7. The number of halogens is 2. The van der Waals surface area contributed by atoms with Crippen molar-refractivity contribution in [2.24, 2.45) is 10.7 Å². The highest BCUT2D eigenvalue weighted by Gasteiger charge is 2.16. The first-order valence-electron chi connectivity index (χ1n) is 8.43. The zero-order valence-corrected chi connectivity index (χ0v) is 18.3. The average Bonchev–Trinajstić information content (AvgIpc) is 2.61. The van der Waals surface area contributed by atoms with Gasteiger partial charge in [-0.25, -0.2) is 4.99 Å². The fourth-order valence-electron chi connectivity index (χ4n) is 2.51. The Labute approximate surface area is 181 Å². The van der Waals surface area contributed by atoms with Crippen LogP contribution in [0.4, 0.5) is 5.69 Å². The van der Waals surface area contributed by atoms with Gasteiger partial charge in [0, 0.05) is 5.69 Å². The normalized spacial score (nSPS) is 13.1. The lowest BCUT2D eigenvalue weighted by atomic mass is 10.2. The number of rotatable bonds is 5. The van der Waals surface area contributed by atoms with Crippen molar-refractivity contribution >= 4 is 47.2 Å². The third-order valence-electron chi connectivity index (χ3n) is 3.59. The van der Waals surface area contributed by atoms with E-state index in [0.717, 1.165) is 17.0 Å². The Morgan fingerprint density at radius 1 is 1.22 bits per heavy atom. The van der Waals surface area contributed by atoms with Crippen LogP contribution in [0.2, 0.25) is 5.02 Å². The van der Waals surface area contributed by atoms with Crippen molar-refractivity contribution in [2.75, 3.05) is 18.5 Å². The Bertz CT molecular complexity index is 798. The van der Waals surface area contributed by atoms with Crippen LogP contribution >= 0.6 is 35.6 Å². The predicted octanol–water partition coefficient (Wildman–Crippen LogP) is 4.44. The van der Waals surface area contributed by atoms with Gasteiger partial charge in [-0.2, -0.15) is 0 Å². The highest BCUT2D eigenvalue weighted by atomic mass is 127. The second-order valence-corrected chi connectivity index (χ2v) is 6.53. The third-order valence-corrected chi connectivity index (χ3v) is 3.87. The van der Waals surface area contributed by atoms with E-state index in [-0.39, 0.29) is 30.1 Å². The molecule has 1 aliphatic rings. The van der Waals surface area contributed by atoms with Crippen molar-refractivity contribution in [2.45, 2.75) is 26.5 Å². The number of nitrogens with one attached hydrogen (secondary N) is 1. The zero-order valence-electron chi connectivity index (χ0n) is 15.2. The van der Waals surface area contributed by atoms with Gasteiger partial charge in [-0.05, 0) is 55.8 Å². The first kappa shape index (κ1) is 21.4. The maximum atomic E-state index is 6.23. The minimum Gasteiger partial charge on any atom is -0.491 e. The molecule has 0 saturated heterocycles. The Hall–Kier alpha value is -1.87. The summed E-state index contributed by atoms with van der Waals surface area (Å²) in [7, 11) is 0. The molecule has 0 amide bonds. The van der Waals surface area contributed by atoms with Crippen LogP contribution in [0.15, 0.2) is 41.4 Å². The van der Waals surface area contributed by atoms with Crippen LogP contribution in [0.25, 0.3) is 0 Å². The molecule has 0 radical (unpaired) electrons. The molecule has 0 fully saturated rings. The lowest BCUT2D eigenvalue weighted by molar-refractivity contribution is 0.171. The van der Waals surface area contributed by atoms with E-state index in [4.69, 9.17) is 31.5 Å². The fourth-order valence-corrected chi connectivity index (χ4v) is 2.80. The molecule has 1 heterocycles. The lowest BCUT2D eigenvalue weighted by Crippen LogP contribution is -2.22. The number of fused-ring (bicyclic) bond motifs is 1. The second-order valence-electron chi connectivity index (χ2n) is 6.12. The van der Waals surface area contributed by atoms with Crippen LogP contribution < -0.4 is 25.3 Å². The summed E-state index contributed by atoms with van der Waals surface area (Å²) in [5, 5.41) is 3.57. The van der Waals surface area contributed by atoms with E-state index in [1.807, 2.05) is 50.2 Å². The number of guanidine groups is 1. The van der Waals surface area contributed by atoms with Crippen LogP contribution in [-0.4, -0.2) is 25.3 Å². The van der Waals surface area contributed by atoms with Crippen molar-refractivity contribution in [1.29, 1.82) is 0 Å². The monoisotopic (exact) mass is 503 g/mol.